The van der Waals surface area contributed by atoms with E-state index < -0.39 is 0 Å². The number of rotatable bonds is 3. The molecule has 6 nitrogen and oxygen atoms in total. The first-order valence-electron chi connectivity index (χ1n) is 6.47. The van der Waals surface area contributed by atoms with E-state index in [1.807, 2.05) is 31.4 Å². The van der Waals surface area contributed by atoms with Crippen molar-refractivity contribution in [2.75, 3.05) is 11.1 Å². The van der Waals surface area contributed by atoms with Crippen molar-refractivity contribution in [2.45, 2.75) is 13.3 Å². The zero-order chi connectivity index (χ0) is 14.1. The first-order chi connectivity index (χ1) is 9.67. The van der Waals surface area contributed by atoms with Crippen LogP contribution < -0.4 is 11.1 Å². The fourth-order valence-electron chi connectivity index (χ4n) is 2.20. The SMILES string of the molecule is CCc1nn(C)cc1Nc1ncnc2cc(N)ccc12. The maximum atomic E-state index is 5.78. The summed E-state index contributed by atoms with van der Waals surface area (Å²) in [7, 11) is 1.91. The Labute approximate surface area is 116 Å². The Morgan fingerprint density at radius 1 is 1.30 bits per heavy atom. The second-order valence-electron chi connectivity index (χ2n) is 4.64. The van der Waals surface area contributed by atoms with Gasteiger partial charge in [0.1, 0.15) is 12.1 Å². The lowest BCUT2D eigenvalue weighted by Gasteiger charge is -2.08. The van der Waals surface area contributed by atoms with Gasteiger partial charge in [0.2, 0.25) is 0 Å². The van der Waals surface area contributed by atoms with E-state index in [1.165, 1.54) is 6.33 Å². The van der Waals surface area contributed by atoms with E-state index in [2.05, 4.69) is 27.3 Å². The average molecular weight is 268 g/mol. The molecule has 0 bridgehead atoms. The summed E-state index contributed by atoms with van der Waals surface area (Å²) in [6.07, 6.45) is 4.34. The van der Waals surface area contributed by atoms with Crippen LogP contribution in [0.3, 0.4) is 0 Å². The highest BCUT2D eigenvalue weighted by molar-refractivity contribution is 5.92. The van der Waals surface area contributed by atoms with Gasteiger partial charge in [0.05, 0.1) is 16.9 Å². The van der Waals surface area contributed by atoms with Gasteiger partial charge in [-0.25, -0.2) is 9.97 Å². The molecule has 20 heavy (non-hydrogen) atoms. The molecule has 3 rings (SSSR count). The number of aryl methyl sites for hydroxylation is 2. The number of nitrogens with two attached hydrogens (primary N) is 1. The quantitative estimate of drug-likeness (QED) is 0.712. The molecule has 0 fully saturated rings. The Morgan fingerprint density at radius 2 is 2.15 bits per heavy atom. The minimum atomic E-state index is 0.692. The van der Waals surface area contributed by atoms with Gasteiger partial charge in [0.15, 0.2) is 0 Å². The Balaban J connectivity index is 2.06. The van der Waals surface area contributed by atoms with Crippen molar-refractivity contribution >= 4 is 28.1 Å². The number of aromatic nitrogens is 4. The highest BCUT2D eigenvalue weighted by atomic mass is 15.3. The van der Waals surface area contributed by atoms with Crippen LogP contribution >= 0.6 is 0 Å². The van der Waals surface area contributed by atoms with Gasteiger partial charge in [-0.1, -0.05) is 6.92 Å². The summed E-state index contributed by atoms with van der Waals surface area (Å²) >= 11 is 0. The number of hydrogen-bond donors (Lipinski definition) is 2. The van der Waals surface area contributed by atoms with Gasteiger partial charge in [-0.15, -0.1) is 0 Å². The lowest BCUT2D eigenvalue weighted by Crippen LogP contribution is -1.98. The third-order valence-electron chi connectivity index (χ3n) is 3.15. The van der Waals surface area contributed by atoms with E-state index in [0.29, 0.717) is 5.69 Å². The van der Waals surface area contributed by atoms with Gasteiger partial charge in [-0.3, -0.25) is 4.68 Å². The molecule has 3 aromatic rings. The Bertz CT molecular complexity index is 761. The van der Waals surface area contributed by atoms with Crippen LogP contribution in [0.25, 0.3) is 10.9 Å². The van der Waals surface area contributed by atoms with Crippen LogP contribution in [0.1, 0.15) is 12.6 Å². The monoisotopic (exact) mass is 268 g/mol. The standard InChI is InChI=1S/C14H16N6/c1-3-11-13(7-20(2)19-11)18-14-10-5-4-9(15)6-12(10)16-8-17-14/h4-8H,3,15H2,1-2H3,(H,16,17,18). The number of nitrogens with one attached hydrogen (secondary N) is 1. The maximum absolute atomic E-state index is 5.78. The topological polar surface area (TPSA) is 81.7 Å². The van der Waals surface area contributed by atoms with Gasteiger partial charge >= 0.3 is 0 Å². The van der Waals surface area contributed by atoms with Crippen LogP contribution in [-0.4, -0.2) is 19.7 Å². The number of nitrogens with zero attached hydrogens (tertiary/aromatic N) is 4. The zero-order valence-electron chi connectivity index (χ0n) is 11.5. The van der Waals surface area contributed by atoms with E-state index in [4.69, 9.17) is 5.73 Å². The van der Waals surface area contributed by atoms with E-state index in [0.717, 1.165) is 34.5 Å². The van der Waals surface area contributed by atoms with Crippen molar-refractivity contribution in [1.29, 1.82) is 0 Å². The molecule has 1 aromatic carbocycles. The van der Waals surface area contributed by atoms with Crippen molar-refractivity contribution in [3.63, 3.8) is 0 Å². The van der Waals surface area contributed by atoms with E-state index >= 15 is 0 Å². The number of fused-ring (bicyclic) bond motifs is 1. The fraction of sp³-hybridized carbons (Fsp3) is 0.214. The third-order valence-corrected chi connectivity index (χ3v) is 3.15. The van der Waals surface area contributed by atoms with Crippen LogP contribution in [-0.2, 0) is 13.5 Å². The van der Waals surface area contributed by atoms with Crippen LogP contribution in [0.15, 0.2) is 30.7 Å². The average Bonchev–Trinajstić information content (AvgIpc) is 2.78. The molecule has 0 saturated heterocycles. The third kappa shape index (κ3) is 2.16. The Morgan fingerprint density at radius 3 is 2.95 bits per heavy atom. The highest BCUT2D eigenvalue weighted by Crippen LogP contribution is 2.25. The predicted molar refractivity (Wildman–Crippen MR) is 79.8 cm³/mol. The van der Waals surface area contributed by atoms with Crippen LogP contribution in [0.2, 0.25) is 0 Å². The number of nitrogen functional groups attached to an aromatic ring is 1. The molecule has 0 saturated carbocycles. The first kappa shape index (κ1) is 12.4. The number of benzene rings is 1. The molecule has 0 aliphatic carbocycles. The normalized spacial score (nSPS) is 10.9. The molecule has 0 aliphatic rings. The molecule has 0 spiro atoms. The molecule has 0 radical (unpaired) electrons. The summed E-state index contributed by atoms with van der Waals surface area (Å²) in [5.74, 6) is 0.762. The largest absolute Gasteiger partial charge is 0.399 e. The smallest absolute Gasteiger partial charge is 0.141 e. The van der Waals surface area contributed by atoms with Crippen molar-refractivity contribution in [2.24, 2.45) is 7.05 Å². The van der Waals surface area contributed by atoms with Gasteiger partial charge in [0.25, 0.3) is 0 Å². The van der Waals surface area contributed by atoms with Gasteiger partial charge in [-0.05, 0) is 24.6 Å². The van der Waals surface area contributed by atoms with E-state index in [9.17, 15) is 0 Å². The summed E-state index contributed by atoms with van der Waals surface area (Å²) in [6.45, 7) is 2.08. The molecule has 6 heteroatoms. The summed E-state index contributed by atoms with van der Waals surface area (Å²) in [5.41, 5.74) is 9.27. The Hall–Kier alpha value is -2.63. The van der Waals surface area contributed by atoms with Crippen LogP contribution in [0.5, 0.6) is 0 Å². The summed E-state index contributed by atoms with van der Waals surface area (Å²) in [6, 6.07) is 5.61. The summed E-state index contributed by atoms with van der Waals surface area (Å²) in [5, 5.41) is 8.68. The first-order valence-corrected chi connectivity index (χ1v) is 6.47. The van der Waals surface area contributed by atoms with Crippen LogP contribution in [0.4, 0.5) is 17.2 Å². The molecule has 0 unspecified atom stereocenters. The van der Waals surface area contributed by atoms with E-state index in [-0.39, 0.29) is 0 Å². The minimum absolute atomic E-state index is 0.692. The zero-order valence-corrected chi connectivity index (χ0v) is 11.5. The second-order valence-corrected chi connectivity index (χ2v) is 4.64. The van der Waals surface area contributed by atoms with Crippen molar-refractivity contribution in [3.05, 3.63) is 36.4 Å². The molecular weight excluding hydrogens is 252 g/mol. The number of hydrogen-bond acceptors (Lipinski definition) is 5. The lowest BCUT2D eigenvalue weighted by atomic mass is 10.2. The molecule has 0 amide bonds. The summed E-state index contributed by atoms with van der Waals surface area (Å²) < 4.78 is 1.79. The Kier molecular flexibility index (Phi) is 2.98. The van der Waals surface area contributed by atoms with Gasteiger partial charge < -0.3 is 11.1 Å². The van der Waals surface area contributed by atoms with E-state index in [1.54, 1.807) is 4.68 Å². The van der Waals surface area contributed by atoms with Crippen molar-refractivity contribution in [3.8, 4) is 0 Å². The predicted octanol–water partition coefficient (Wildman–Crippen LogP) is 2.25. The minimum Gasteiger partial charge on any atom is -0.399 e. The molecule has 3 N–H and O–H groups in total. The van der Waals surface area contributed by atoms with Crippen molar-refractivity contribution in [1.82, 2.24) is 19.7 Å². The number of anilines is 3. The molecule has 2 aromatic heterocycles. The van der Waals surface area contributed by atoms with Crippen LogP contribution in [0, 0.1) is 0 Å². The van der Waals surface area contributed by atoms with Gasteiger partial charge in [0, 0.05) is 24.3 Å². The highest BCUT2D eigenvalue weighted by Gasteiger charge is 2.09. The second kappa shape index (κ2) is 4.80. The molecule has 0 aliphatic heterocycles. The lowest BCUT2D eigenvalue weighted by molar-refractivity contribution is 0.746. The molecule has 102 valence electrons. The maximum Gasteiger partial charge on any atom is 0.141 e. The molecule has 0 atom stereocenters. The van der Waals surface area contributed by atoms with Crippen molar-refractivity contribution < 1.29 is 0 Å². The van der Waals surface area contributed by atoms with Gasteiger partial charge in [-0.2, -0.15) is 5.10 Å². The summed E-state index contributed by atoms with van der Waals surface area (Å²) in [4.78, 5) is 8.56. The fourth-order valence-corrected chi connectivity index (χ4v) is 2.20. The molecular formula is C14H16N6. The molecule has 2 heterocycles.